The van der Waals surface area contributed by atoms with E-state index in [0.717, 1.165) is 11.1 Å². The van der Waals surface area contributed by atoms with Crippen LogP contribution in [-0.4, -0.2) is 28.5 Å². The first-order valence-electron chi connectivity index (χ1n) is 7.76. The van der Waals surface area contributed by atoms with Gasteiger partial charge in [-0.25, -0.2) is 13.1 Å². The average Bonchev–Trinajstić information content (AvgIpc) is 2.63. The molecule has 3 N–H and O–H groups in total. The Morgan fingerprint density at radius 1 is 1.04 bits per heavy atom. The summed E-state index contributed by atoms with van der Waals surface area (Å²) in [6, 6.07) is 11.9. The molecule has 6 nitrogen and oxygen atoms in total. The Balaban J connectivity index is 1.92. The molecule has 0 heterocycles. The zero-order chi connectivity index (χ0) is 19.2. The molecule has 0 saturated heterocycles. The molecule has 0 bridgehead atoms. The molecule has 0 atom stereocenters. The first kappa shape index (κ1) is 20.5. The molecular weight excluding hydrogens is 395 g/mol. The Hall–Kier alpha value is -1.80. The summed E-state index contributed by atoms with van der Waals surface area (Å²) < 4.78 is 25.7. The number of hydrogen-bond acceptors (Lipinski definition) is 3. The third-order valence-corrected chi connectivity index (χ3v) is 5.66. The van der Waals surface area contributed by atoms with E-state index < -0.39 is 10.0 Å². The molecule has 0 aliphatic rings. The fourth-order valence-corrected chi connectivity index (χ4v) is 3.36. The van der Waals surface area contributed by atoms with Crippen molar-refractivity contribution >= 4 is 39.2 Å². The van der Waals surface area contributed by atoms with Crippen molar-refractivity contribution in [2.75, 3.05) is 14.1 Å². The Morgan fingerprint density at radius 3 is 2.27 bits per heavy atom. The van der Waals surface area contributed by atoms with Crippen molar-refractivity contribution < 1.29 is 8.42 Å². The van der Waals surface area contributed by atoms with Gasteiger partial charge in [0.15, 0.2) is 5.96 Å². The van der Waals surface area contributed by atoms with Crippen LogP contribution in [0.2, 0.25) is 10.0 Å². The number of rotatable bonds is 6. The van der Waals surface area contributed by atoms with Gasteiger partial charge in [0.05, 0.1) is 4.90 Å². The fraction of sp³-hybridized carbons (Fsp3) is 0.235. The molecule has 0 unspecified atom stereocenters. The van der Waals surface area contributed by atoms with E-state index in [4.69, 9.17) is 23.2 Å². The van der Waals surface area contributed by atoms with E-state index >= 15 is 0 Å². The predicted octanol–water partition coefficient (Wildman–Crippen LogP) is 2.77. The predicted molar refractivity (Wildman–Crippen MR) is 106 cm³/mol. The summed E-state index contributed by atoms with van der Waals surface area (Å²) in [6.45, 7) is 0.989. The average molecular weight is 415 g/mol. The van der Waals surface area contributed by atoms with Crippen molar-refractivity contribution in [1.82, 2.24) is 15.4 Å². The van der Waals surface area contributed by atoms with Crippen LogP contribution in [0.1, 0.15) is 11.1 Å². The van der Waals surface area contributed by atoms with Gasteiger partial charge in [0, 0.05) is 30.2 Å². The van der Waals surface area contributed by atoms with Crippen LogP contribution >= 0.6 is 23.2 Å². The molecule has 0 aromatic heterocycles. The van der Waals surface area contributed by atoms with Gasteiger partial charge < -0.3 is 10.6 Å². The summed E-state index contributed by atoms with van der Waals surface area (Å²) in [5, 5.41) is 7.50. The Bertz CT molecular complexity index is 884. The number of sulfonamides is 1. The third-order valence-electron chi connectivity index (χ3n) is 3.65. The zero-order valence-corrected chi connectivity index (χ0v) is 16.7. The first-order chi connectivity index (χ1) is 12.4. The van der Waals surface area contributed by atoms with Gasteiger partial charge in [-0.2, -0.15) is 0 Å². The van der Waals surface area contributed by atoms with Crippen LogP contribution in [0.5, 0.6) is 0 Å². The minimum atomic E-state index is -3.43. The summed E-state index contributed by atoms with van der Waals surface area (Å²) in [5.74, 6) is 0.600. The van der Waals surface area contributed by atoms with Crippen molar-refractivity contribution in [3.8, 4) is 0 Å². The van der Waals surface area contributed by atoms with Gasteiger partial charge in [-0.15, -0.1) is 0 Å². The Kier molecular flexibility index (Phi) is 7.28. The Labute approximate surface area is 163 Å². The molecule has 2 aromatic carbocycles. The van der Waals surface area contributed by atoms with Crippen LogP contribution in [0.15, 0.2) is 52.4 Å². The van der Waals surface area contributed by atoms with Crippen LogP contribution in [0.3, 0.4) is 0 Å². The maximum absolute atomic E-state index is 11.7. The molecule has 0 fully saturated rings. The molecule has 0 saturated carbocycles. The highest BCUT2D eigenvalue weighted by Gasteiger charge is 2.10. The maximum atomic E-state index is 11.7. The zero-order valence-electron chi connectivity index (χ0n) is 14.4. The molecule has 0 amide bonds. The number of nitrogens with one attached hydrogen (secondary N) is 3. The lowest BCUT2D eigenvalue weighted by atomic mass is 10.2. The van der Waals surface area contributed by atoms with Crippen molar-refractivity contribution in [3.63, 3.8) is 0 Å². The molecule has 26 heavy (non-hydrogen) atoms. The number of guanidine groups is 1. The molecular formula is C17H20Cl2N4O2S. The lowest BCUT2D eigenvalue weighted by Crippen LogP contribution is -2.36. The van der Waals surface area contributed by atoms with Crippen molar-refractivity contribution in [1.29, 1.82) is 0 Å². The highest BCUT2D eigenvalue weighted by molar-refractivity contribution is 7.89. The van der Waals surface area contributed by atoms with Crippen molar-refractivity contribution in [2.45, 2.75) is 18.0 Å². The van der Waals surface area contributed by atoms with Gasteiger partial charge in [0.2, 0.25) is 10.0 Å². The molecule has 2 aromatic rings. The second kappa shape index (κ2) is 9.23. The van der Waals surface area contributed by atoms with Gasteiger partial charge >= 0.3 is 0 Å². The van der Waals surface area contributed by atoms with E-state index in [1.165, 1.54) is 7.05 Å². The normalized spacial score (nSPS) is 12.1. The van der Waals surface area contributed by atoms with E-state index in [9.17, 15) is 8.42 Å². The van der Waals surface area contributed by atoms with E-state index in [2.05, 4.69) is 20.3 Å². The summed E-state index contributed by atoms with van der Waals surface area (Å²) in [5.41, 5.74) is 1.83. The SMILES string of the molecule is CN=C(NCc1ccc(S(=O)(=O)NC)cc1)NCc1ccc(Cl)cc1Cl. The van der Waals surface area contributed by atoms with Crippen LogP contribution < -0.4 is 15.4 Å². The van der Waals surface area contributed by atoms with Gasteiger partial charge in [-0.3, -0.25) is 4.99 Å². The first-order valence-corrected chi connectivity index (χ1v) is 10.0. The van der Waals surface area contributed by atoms with Crippen LogP contribution in [0.25, 0.3) is 0 Å². The van der Waals surface area contributed by atoms with Crippen molar-refractivity contribution in [2.24, 2.45) is 4.99 Å². The summed E-state index contributed by atoms with van der Waals surface area (Å²) in [6.07, 6.45) is 0. The summed E-state index contributed by atoms with van der Waals surface area (Å²) >= 11 is 12.0. The highest BCUT2D eigenvalue weighted by Crippen LogP contribution is 2.20. The van der Waals surface area contributed by atoms with Gasteiger partial charge in [-0.05, 0) is 42.4 Å². The van der Waals surface area contributed by atoms with Crippen LogP contribution in [0, 0.1) is 0 Å². The standard InChI is InChI=1S/C17H20Cl2N4O2S/c1-20-17(23-11-13-5-6-14(18)9-16(13)19)22-10-12-3-7-15(8-4-12)26(24,25)21-2/h3-9,21H,10-11H2,1-2H3,(H2,20,22,23). The van der Waals surface area contributed by atoms with Crippen LogP contribution in [-0.2, 0) is 23.1 Å². The number of halogens is 2. The second-order valence-corrected chi connectivity index (χ2v) is 8.10. The molecule has 0 spiro atoms. The van der Waals surface area contributed by atoms with Gasteiger partial charge in [0.1, 0.15) is 0 Å². The molecule has 0 aliphatic heterocycles. The molecule has 2 rings (SSSR count). The van der Waals surface area contributed by atoms with Crippen LogP contribution in [0.4, 0.5) is 0 Å². The molecule has 140 valence electrons. The van der Waals surface area contributed by atoms with Crippen molar-refractivity contribution in [3.05, 3.63) is 63.6 Å². The Morgan fingerprint density at radius 2 is 1.69 bits per heavy atom. The quantitative estimate of drug-likeness (QED) is 0.501. The van der Waals surface area contributed by atoms with E-state index in [-0.39, 0.29) is 4.90 Å². The largest absolute Gasteiger partial charge is 0.352 e. The second-order valence-electron chi connectivity index (χ2n) is 5.37. The minimum Gasteiger partial charge on any atom is -0.352 e. The number of benzene rings is 2. The topological polar surface area (TPSA) is 82.6 Å². The van der Waals surface area contributed by atoms with E-state index in [0.29, 0.717) is 29.1 Å². The number of hydrogen-bond donors (Lipinski definition) is 3. The highest BCUT2D eigenvalue weighted by atomic mass is 35.5. The third kappa shape index (κ3) is 5.60. The summed E-state index contributed by atoms with van der Waals surface area (Å²) in [7, 11) is -0.375. The molecule has 0 radical (unpaired) electrons. The van der Waals surface area contributed by atoms with Gasteiger partial charge in [0.25, 0.3) is 0 Å². The number of aliphatic imine (C=N–C) groups is 1. The lowest BCUT2D eigenvalue weighted by molar-refractivity contribution is 0.588. The smallest absolute Gasteiger partial charge is 0.240 e. The lowest BCUT2D eigenvalue weighted by Gasteiger charge is -2.13. The fourth-order valence-electron chi connectivity index (χ4n) is 2.15. The van der Waals surface area contributed by atoms with Gasteiger partial charge in [-0.1, -0.05) is 41.4 Å². The summed E-state index contributed by atoms with van der Waals surface area (Å²) in [4.78, 5) is 4.38. The monoisotopic (exact) mass is 414 g/mol. The molecule has 0 aliphatic carbocycles. The maximum Gasteiger partial charge on any atom is 0.240 e. The van der Waals surface area contributed by atoms with E-state index in [1.807, 2.05) is 6.07 Å². The molecule has 9 heteroatoms. The van der Waals surface area contributed by atoms with E-state index in [1.54, 1.807) is 43.4 Å². The minimum absolute atomic E-state index is 0.226. The number of nitrogens with zero attached hydrogens (tertiary/aromatic N) is 1.